The fourth-order valence-corrected chi connectivity index (χ4v) is 3.84. The summed E-state index contributed by atoms with van der Waals surface area (Å²) in [6.07, 6.45) is 0.730. The Morgan fingerprint density at radius 1 is 0.750 bits per heavy atom. The summed E-state index contributed by atoms with van der Waals surface area (Å²) in [5.74, 6) is 0.839. The van der Waals surface area contributed by atoms with E-state index in [0.717, 1.165) is 32.6 Å². The first kappa shape index (κ1) is 22.1. The minimum Gasteiger partial charge on any atom is -0.489 e. The highest BCUT2D eigenvalue weighted by Gasteiger charge is 2.17. The number of carbonyl (C=O) groups excluding carboxylic acids is 1. The Labute approximate surface area is 202 Å². The van der Waals surface area contributed by atoms with Gasteiger partial charge in [0.2, 0.25) is 0 Å². The third kappa shape index (κ3) is 5.98. The van der Waals surface area contributed by atoms with Gasteiger partial charge in [0.25, 0.3) is 5.91 Å². The molecule has 0 saturated carbocycles. The van der Waals surface area contributed by atoms with Crippen molar-refractivity contribution in [2.45, 2.75) is 13.0 Å². The molecule has 0 fully saturated rings. The number of hydrogen-bond acceptors (Lipinski definition) is 2. The van der Waals surface area contributed by atoms with Crippen LogP contribution in [-0.2, 0) is 13.0 Å². The fourth-order valence-electron chi connectivity index (χ4n) is 3.48. The molecule has 4 aromatic rings. The number of nitrogens with zero attached hydrogens (tertiary/aromatic N) is 1. The summed E-state index contributed by atoms with van der Waals surface area (Å²) in [5, 5.41) is 0. The van der Waals surface area contributed by atoms with E-state index < -0.39 is 0 Å². The van der Waals surface area contributed by atoms with Crippen molar-refractivity contribution in [2.24, 2.45) is 0 Å². The normalized spacial score (nSPS) is 10.5. The van der Waals surface area contributed by atoms with Gasteiger partial charge in [-0.15, -0.1) is 0 Å². The Hall–Kier alpha value is -3.12. The maximum Gasteiger partial charge on any atom is 0.258 e. The number of anilines is 1. The van der Waals surface area contributed by atoms with E-state index in [4.69, 9.17) is 4.74 Å². The number of benzene rings is 4. The average molecular weight is 533 g/mol. The first-order valence-corrected chi connectivity index (χ1v) is 11.6. The highest BCUT2D eigenvalue weighted by molar-refractivity contribution is 14.1. The van der Waals surface area contributed by atoms with Crippen LogP contribution >= 0.6 is 22.6 Å². The molecule has 0 heterocycles. The second-order valence-electron chi connectivity index (χ2n) is 7.47. The number of ether oxygens (including phenoxy) is 1. The van der Waals surface area contributed by atoms with Gasteiger partial charge in [0.1, 0.15) is 12.4 Å². The predicted octanol–water partition coefficient (Wildman–Crippen LogP) is 6.76. The lowest BCUT2D eigenvalue weighted by Crippen LogP contribution is -2.32. The number of hydrogen-bond donors (Lipinski definition) is 0. The molecule has 4 rings (SSSR count). The van der Waals surface area contributed by atoms with Crippen LogP contribution in [0.25, 0.3) is 0 Å². The molecular formula is C28H24INO2. The van der Waals surface area contributed by atoms with Crippen LogP contribution in [0.2, 0.25) is 0 Å². The van der Waals surface area contributed by atoms with E-state index in [0.29, 0.717) is 18.7 Å². The van der Waals surface area contributed by atoms with Crippen LogP contribution in [0.15, 0.2) is 109 Å². The largest absolute Gasteiger partial charge is 0.489 e. The minimum absolute atomic E-state index is 0.00378. The van der Waals surface area contributed by atoms with E-state index in [1.165, 1.54) is 0 Å². The van der Waals surface area contributed by atoms with E-state index in [1.54, 1.807) is 0 Å². The topological polar surface area (TPSA) is 29.5 Å². The molecule has 0 aromatic heterocycles. The molecule has 0 saturated heterocycles. The third-order valence-electron chi connectivity index (χ3n) is 5.18. The summed E-state index contributed by atoms with van der Waals surface area (Å²) < 4.78 is 7.08. The first-order chi connectivity index (χ1) is 15.7. The van der Waals surface area contributed by atoms with Crippen LogP contribution in [-0.4, -0.2) is 12.5 Å². The van der Waals surface area contributed by atoms with Crippen molar-refractivity contribution in [1.29, 1.82) is 0 Å². The van der Waals surface area contributed by atoms with Gasteiger partial charge in [0, 0.05) is 21.4 Å². The van der Waals surface area contributed by atoms with Crippen molar-refractivity contribution in [3.63, 3.8) is 0 Å². The van der Waals surface area contributed by atoms with Gasteiger partial charge in [-0.25, -0.2) is 0 Å². The first-order valence-electron chi connectivity index (χ1n) is 10.6. The highest BCUT2D eigenvalue weighted by Crippen LogP contribution is 2.20. The lowest BCUT2D eigenvalue weighted by molar-refractivity contribution is 0.0987. The summed E-state index contributed by atoms with van der Waals surface area (Å²) in [7, 11) is 0. The van der Waals surface area contributed by atoms with Crippen molar-refractivity contribution in [1.82, 2.24) is 0 Å². The Kier molecular flexibility index (Phi) is 7.56. The second-order valence-corrected chi connectivity index (χ2v) is 8.72. The molecule has 0 atom stereocenters. The van der Waals surface area contributed by atoms with E-state index in [-0.39, 0.29) is 5.91 Å². The lowest BCUT2D eigenvalue weighted by Gasteiger charge is -2.23. The quantitative estimate of drug-likeness (QED) is 0.234. The van der Waals surface area contributed by atoms with E-state index >= 15 is 0 Å². The Bertz CT molecular complexity index is 1140. The van der Waals surface area contributed by atoms with Gasteiger partial charge in [-0.1, -0.05) is 60.7 Å². The van der Waals surface area contributed by atoms with Gasteiger partial charge < -0.3 is 9.64 Å². The highest BCUT2D eigenvalue weighted by atomic mass is 127. The monoisotopic (exact) mass is 533 g/mol. The third-order valence-corrected chi connectivity index (χ3v) is 5.89. The van der Waals surface area contributed by atoms with Gasteiger partial charge in [-0.05, 0) is 88.7 Å². The molecule has 4 heteroatoms. The molecule has 0 bridgehead atoms. The van der Waals surface area contributed by atoms with Crippen molar-refractivity contribution in [2.75, 3.05) is 11.4 Å². The molecule has 0 spiro atoms. The number of rotatable bonds is 8. The van der Waals surface area contributed by atoms with E-state index in [9.17, 15) is 4.79 Å². The van der Waals surface area contributed by atoms with Crippen LogP contribution in [0.1, 0.15) is 21.5 Å². The van der Waals surface area contributed by atoms with Crippen LogP contribution in [0.4, 0.5) is 5.69 Å². The standard InChI is InChI=1S/C28H24INO2/c29-25-16-14-24(15-17-25)28(31)30(26-11-5-2-6-12-26)19-18-22-10-7-13-27(20-22)32-21-23-8-3-1-4-9-23/h1-17,20H,18-19,21H2. The summed E-state index contributed by atoms with van der Waals surface area (Å²) in [6.45, 7) is 1.11. The number of halogens is 1. The molecular weight excluding hydrogens is 509 g/mol. The smallest absolute Gasteiger partial charge is 0.258 e. The zero-order valence-corrected chi connectivity index (χ0v) is 19.8. The Balaban J connectivity index is 1.47. The summed E-state index contributed by atoms with van der Waals surface area (Å²) in [6, 6.07) is 35.8. The SMILES string of the molecule is O=C(c1ccc(I)cc1)N(CCc1cccc(OCc2ccccc2)c1)c1ccccc1. The number of amides is 1. The van der Waals surface area contributed by atoms with Crippen LogP contribution in [0.5, 0.6) is 5.75 Å². The van der Waals surface area contributed by atoms with E-state index in [1.807, 2.05) is 89.8 Å². The zero-order chi connectivity index (χ0) is 22.2. The molecule has 1 amide bonds. The summed E-state index contributed by atoms with van der Waals surface area (Å²) in [4.78, 5) is 15.1. The van der Waals surface area contributed by atoms with Crippen molar-refractivity contribution in [3.8, 4) is 5.75 Å². The van der Waals surface area contributed by atoms with Gasteiger partial charge >= 0.3 is 0 Å². The van der Waals surface area contributed by atoms with Crippen molar-refractivity contribution >= 4 is 34.2 Å². The fraction of sp³-hybridized carbons (Fsp3) is 0.107. The van der Waals surface area contributed by atoms with Gasteiger partial charge in [-0.2, -0.15) is 0 Å². The second kappa shape index (κ2) is 11.0. The van der Waals surface area contributed by atoms with Gasteiger partial charge in [0.05, 0.1) is 0 Å². The molecule has 0 aliphatic heterocycles. The van der Waals surface area contributed by atoms with Gasteiger partial charge in [-0.3, -0.25) is 4.79 Å². The number of para-hydroxylation sites is 1. The summed E-state index contributed by atoms with van der Waals surface area (Å²) in [5.41, 5.74) is 3.85. The molecule has 0 radical (unpaired) electrons. The maximum absolute atomic E-state index is 13.3. The molecule has 0 aliphatic carbocycles. The zero-order valence-electron chi connectivity index (χ0n) is 17.7. The van der Waals surface area contributed by atoms with Crippen LogP contribution in [0.3, 0.4) is 0 Å². The predicted molar refractivity (Wildman–Crippen MR) is 138 cm³/mol. The lowest BCUT2D eigenvalue weighted by atomic mass is 10.1. The summed E-state index contributed by atoms with van der Waals surface area (Å²) >= 11 is 2.25. The maximum atomic E-state index is 13.3. The van der Waals surface area contributed by atoms with Crippen molar-refractivity contribution in [3.05, 3.63) is 129 Å². The Morgan fingerprint density at radius 2 is 1.41 bits per heavy atom. The molecule has 0 unspecified atom stereocenters. The molecule has 0 N–H and O–H groups in total. The van der Waals surface area contributed by atoms with Crippen LogP contribution in [0, 0.1) is 3.57 Å². The minimum atomic E-state index is 0.00378. The molecule has 3 nitrogen and oxygen atoms in total. The Morgan fingerprint density at radius 3 is 2.12 bits per heavy atom. The van der Waals surface area contributed by atoms with Crippen molar-refractivity contribution < 1.29 is 9.53 Å². The number of carbonyl (C=O) groups is 1. The van der Waals surface area contributed by atoms with Gasteiger partial charge in [0.15, 0.2) is 0 Å². The van der Waals surface area contributed by atoms with E-state index in [2.05, 4.69) is 46.9 Å². The molecule has 32 heavy (non-hydrogen) atoms. The molecule has 0 aliphatic rings. The molecule has 4 aromatic carbocycles. The average Bonchev–Trinajstić information content (AvgIpc) is 2.85. The molecule has 160 valence electrons. The van der Waals surface area contributed by atoms with Crippen LogP contribution < -0.4 is 9.64 Å².